The third-order valence-corrected chi connectivity index (χ3v) is 4.32. The molecule has 2 rings (SSSR count). The van der Waals surface area contributed by atoms with Crippen molar-refractivity contribution in [2.75, 3.05) is 19.6 Å². The molecule has 0 saturated heterocycles. The van der Waals surface area contributed by atoms with E-state index in [1.807, 2.05) is 61.4 Å². The van der Waals surface area contributed by atoms with Crippen LogP contribution < -0.4 is 5.32 Å². The molecule has 2 aromatic rings. The zero-order chi connectivity index (χ0) is 18.4. The van der Waals surface area contributed by atoms with Gasteiger partial charge in [0.2, 0.25) is 11.8 Å². The van der Waals surface area contributed by atoms with Crippen molar-refractivity contribution in [3.8, 4) is 0 Å². The Kier molecular flexibility index (Phi) is 6.56. The Morgan fingerprint density at radius 3 is 2.52 bits per heavy atom. The Labute approximate surface area is 149 Å². The van der Waals surface area contributed by atoms with E-state index in [1.165, 1.54) is 0 Å². The average Bonchev–Trinajstić information content (AvgIpc) is 2.93. The summed E-state index contributed by atoms with van der Waals surface area (Å²) >= 11 is 0. The van der Waals surface area contributed by atoms with Crippen LogP contribution in [0.5, 0.6) is 0 Å². The zero-order valence-electron chi connectivity index (χ0n) is 15.6. The van der Waals surface area contributed by atoms with E-state index in [-0.39, 0.29) is 24.3 Å². The fraction of sp³-hybridized carbons (Fsp3) is 0.526. The van der Waals surface area contributed by atoms with Crippen molar-refractivity contribution in [1.82, 2.24) is 19.8 Å². The number of likely N-dealkylation sites (N-methyl/N-ethyl adjacent to an activating group) is 1. The van der Waals surface area contributed by atoms with Gasteiger partial charge in [0.15, 0.2) is 0 Å². The van der Waals surface area contributed by atoms with Gasteiger partial charge in [-0.15, -0.1) is 0 Å². The van der Waals surface area contributed by atoms with Crippen LogP contribution in [0.4, 0.5) is 0 Å². The summed E-state index contributed by atoms with van der Waals surface area (Å²) < 4.78 is 1.97. The zero-order valence-corrected chi connectivity index (χ0v) is 15.6. The lowest BCUT2D eigenvalue weighted by Crippen LogP contribution is -2.34. The number of carbonyl (C=O) groups is 2. The summed E-state index contributed by atoms with van der Waals surface area (Å²) in [6, 6.07) is 7.82. The van der Waals surface area contributed by atoms with Crippen molar-refractivity contribution in [3.05, 3.63) is 30.1 Å². The topological polar surface area (TPSA) is 67.2 Å². The van der Waals surface area contributed by atoms with Gasteiger partial charge in [-0.1, -0.05) is 26.0 Å². The van der Waals surface area contributed by atoms with Crippen molar-refractivity contribution in [1.29, 1.82) is 0 Å². The van der Waals surface area contributed by atoms with Crippen LogP contribution in [-0.4, -0.2) is 45.9 Å². The molecule has 6 nitrogen and oxygen atoms in total. The molecule has 0 unspecified atom stereocenters. The summed E-state index contributed by atoms with van der Waals surface area (Å²) in [6.45, 7) is 9.88. The Morgan fingerprint density at radius 2 is 1.88 bits per heavy atom. The Bertz CT molecular complexity index is 732. The number of nitrogens with one attached hydrogen (secondary N) is 1. The van der Waals surface area contributed by atoms with E-state index in [4.69, 9.17) is 0 Å². The van der Waals surface area contributed by atoms with Crippen LogP contribution in [0.3, 0.4) is 0 Å². The predicted molar refractivity (Wildman–Crippen MR) is 99.2 cm³/mol. The molecule has 0 bridgehead atoms. The van der Waals surface area contributed by atoms with Crippen LogP contribution in [0.25, 0.3) is 11.0 Å². The number of nitrogens with zero attached hydrogens (tertiary/aromatic N) is 3. The lowest BCUT2D eigenvalue weighted by molar-refractivity contribution is -0.131. The summed E-state index contributed by atoms with van der Waals surface area (Å²) in [7, 11) is 0. The number of imidazole rings is 1. The van der Waals surface area contributed by atoms with E-state index < -0.39 is 0 Å². The molecule has 0 radical (unpaired) electrons. The van der Waals surface area contributed by atoms with Gasteiger partial charge in [0.25, 0.3) is 0 Å². The van der Waals surface area contributed by atoms with E-state index in [0.717, 1.165) is 16.9 Å². The second kappa shape index (κ2) is 8.65. The van der Waals surface area contributed by atoms with Gasteiger partial charge in [-0.2, -0.15) is 0 Å². The van der Waals surface area contributed by atoms with Gasteiger partial charge in [0, 0.05) is 32.0 Å². The molecule has 0 saturated carbocycles. The van der Waals surface area contributed by atoms with Crippen LogP contribution in [0.15, 0.2) is 24.3 Å². The number of fused-ring (bicyclic) bond motifs is 1. The van der Waals surface area contributed by atoms with Crippen molar-refractivity contribution < 1.29 is 9.59 Å². The number of benzene rings is 1. The summed E-state index contributed by atoms with van der Waals surface area (Å²) in [5.74, 6) is 0.899. The van der Waals surface area contributed by atoms with E-state index >= 15 is 0 Å². The molecule has 0 aliphatic rings. The minimum absolute atomic E-state index is 0.0295. The first-order valence-corrected chi connectivity index (χ1v) is 8.97. The molecule has 6 heteroatoms. The van der Waals surface area contributed by atoms with Gasteiger partial charge in [-0.3, -0.25) is 9.59 Å². The van der Waals surface area contributed by atoms with Crippen molar-refractivity contribution >= 4 is 22.8 Å². The second-order valence-electron chi connectivity index (χ2n) is 6.36. The number of rotatable bonds is 8. The minimum Gasteiger partial charge on any atom is -0.355 e. The standard InChI is InChI=1S/C19H28N4O2/c1-5-22(6-2)18(24)13-23-16-10-8-7-9-15(16)21-17(23)11-12-20-19(25)14(3)4/h7-10,14H,5-6,11-13H2,1-4H3,(H,20,25). The van der Waals surface area contributed by atoms with Crippen LogP contribution in [-0.2, 0) is 22.6 Å². The van der Waals surface area contributed by atoms with Crippen molar-refractivity contribution in [3.63, 3.8) is 0 Å². The van der Waals surface area contributed by atoms with Crippen LogP contribution in [0.2, 0.25) is 0 Å². The molecule has 0 fully saturated rings. The van der Waals surface area contributed by atoms with Crippen LogP contribution >= 0.6 is 0 Å². The number of aromatic nitrogens is 2. The normalized spacial score (nSPS) is 11.1. The SMILES string of the molecule is CCN(CC)C(=O)Cn1c(CCNC(=O)C(C)C)nc2ccccc21. The maximum absolute atomic E-state index is 12.5. The fourth-order valence-electron chi connectivity index (χ4n) is 2.81. The maximum atomic E-state index is 12.5. The summed E-state index contributed by atoms with van der Waals surface area (Å²) in [5, 5.41) is 2.91. The minimum atomic E-state index is -0.0388. The summed E-state index contributed by atoms with van der Waals surface area (Å²) in [4.78, 5) is 30.8. The Hall–Kier alpha value is -2.37. The highest BCUT2D eigenvalue weighted by atomic mass is 16.2. The second-order valence-corrected chi connectivity index (χ2v) is 6.36. The number of hydrogen-bond donors (Lipinski definition) is 1. The van der Waals surface area contributed by atoms with Gasteiger partial charge in [0.05, 0.1) is 11.0 Å². The first-order valence-electron chi connectivity index (χ1n) is 8.97. The smallest absolute Gasteiger partial charge is 0.242 e. The van der Waals surface area contributed by atoms with Crippen molar-refractivity contribution in [2.45, 2.75) is 40.7 Å². The van der Waals surface area contributed by atoms with E-state index in [2.05, 4.69) is 10.3 Å². The third kappa shape index (κ3) is 4.59. The molecule has 0 aliphatic carbocycles. The van der Waals surface area contributed by atoms with Gasteiger partial charge >= 0.3 is 0 Å². The Balaban J connectivity index is 2.21. The summed E-state index contributed by atoms with van der Waals surface area (Å²) in [5.41, 5.74) is 1.83. The van der Waals surface area contributed by atoms with E-state index in [1.54, 1.807) is 0 Å². The van der Waals surface area contributed by atoms with Gasteiger partial charge in [-0.25, -0.2) is 4.98 Å². The lowest BCUT2D eigenvalue weighted by Gasteiger charge is -2.20. The van der Waals surface area contributed by atoms with Gasteiger partial charge in [0.1, 0.15) is 12.4 Å². The molecular weight excluding hydrogens is 316 g/mol. The third-order valence-electron chi connectivity index (χ3n) is 4.32. The highest BCUT2D eigenvalue weighted by molar-refractivity contribution is 5.81. The molecule has 2 amide bonds. The molecular formula is C19H28N4O2. The number of carbonyl (C=O) groups excluding carboxylic acids is 2. The van der Waals surface area contributed by atoms with E-state index in [9.17, 15) is 9.59 Å². The van der Waals surface area contributed by atoms with Crippen LogP contribution in [0, 0.1) is 5.92 Å². The fourth-order valence-corrected chi connectivity index (χ4v) is 2.81. The van der Waals surface area contributed by atoms with E-state index in [0.29, 0.717) is 26.1 Å². The van der Waals surface area contributed by atoms with Crippen molar-refractivity contribution in [2.24, 2.45) is 5.92 Å². The predicted octanol–water partition coefficient (Wildman–Crippen LogP) is 2.22. The maximum Gasteiger partial charge on any atom is 0.242 e. The average molecular weight is 344 g/mol. The molecule has 136 valence electrons. The van der Waals surface area contributed by atoms with Crippen LogP contribution in [0.1, 0.15) is 33.5 Å². The van der Waals surface area contributed by atoms with Gasteiger partial charge in [-0.05, 0) is 26.0 Å². The number of amides is 2. The molecule has 0 atom stereocenters. The van der Waals surface area contributed by atoms with Gasteiger partial charge < -0.3 is 14.8 Å². The monoisotopic (exact) mass is 344 g/mol. The number of para-hydroxylation sites is 2. The summed E-state index contributed by atoms with van der Waals surface area (Å²) in [6.07, 6.45) is 0.596. The highest BCUT2D eigenvalue weighted by Crippen LogP contribution is 2.17. The largest absolute Gasteiger partial charge is 0.355 e. The number of hydrogen-bond acceptors (Lipinski definition) is 3. The Morgan fingerprint density at radius 1 is 1.20 bits per heavy atom. The molecule has 1 heterocycles. The molecule has 1 aromatic heterocycles. The molecule has 1 aromatic carbocycles. The first-order chi connectivity index (χ1) is 12.0. The quantitative estimate of drug-likeness (QED) is 0.798. The first kappa shape index (κ1) is 19.0. The molecule has 0 aliphatic heterocycles. The molecule has 1 N–H and O–H groups in total. The highest BCUT2D eigenvalue weighted by Gasteiger charge is 2.16. The molecule has 0 spiro atoms. The lowest BCUT2D eigenvalue weighted by atomic mass is 10.2. The molecule has 25 heavy (non-hydrogen) atoms.